The van der Waals surface area contributed by atoms with Crippen LogP contribution in [0, 0.1) is 0 Å². The fourth-order valence-electron chi connectivity index (χ4n) is 3.46. The molecule has 25 heavy (non-hydrogen) atoms. The maximum absolute atomic E-state index is 6.11. The van der Waals surface area contributed by atoms with Crippen molar-refractivity contribution >= 4 is 46.0 Å². The van der Waals surface area contributed by atoms with E-state index in [1.54, 1.807) is 12.1 Å². The number of imidazole rings is 1. The molecule has 0 spiro atoms. The minimum atomic E-state index is 0.358. The Morgan fingerprint density at radius 3 is 2.68 bits per heavy atom. The predicted molar refractivity (Wildman–Crippen MR) is 103 cm³/mol. The van der Waals surface area contributed by atoms with Crippen molar-refractivity contribution < 1.29 is 0 Å². The van der Waals surface area contributed by atoms with Crippen LogP contribution in [0.25, 0.3) is 11.2 Å². The van der Waals surface area contributed by atoms with E-state index in [0.29, 0.717) is 26.8 Å². The Kier molecular flexibility index (Phi) is 4.87. The quantitative estimate of drug-likeness (QED) is 0.612. The van der Waals surface area contributed by atoms with E-state index in [2.05, 4.69) is 19.9 Å². The molecule has 0 amide bonds. The summed E-state index contributed by atoms with van der Waals surface area (Å²) in [5, 5.41) is 1.82. The fraction of sp³-hybridized carbons (Fsp3) is 0.333. The smallest absolute Gasteiger partial charge is 0.179 e. The van der Waals surface area contributed by atoms with Gasteiger partial charge in [-0.3, -0.25) is 4.90 Å². The number of aromatic amines is 1. The summed E-state index contributed by atoms with van der Waals surface area (Å²) >= 11 is 18.2. The summed E-state index contributed by atoms with van der Waals surface area (Å²) in [4.78, 5) is 14.7. The molecule has 3 aromatic rings. The molecule has 1 aromatic carbocycles. The summed E-state index contributed by atoms with van der Waals surface area (Å²) in [7, 11) is 0. The largest absolute Gasteiger partial charge is 0.340 e. The van der Waals surface area contributed by atoms with Gasteiger partial charge in [-0.05, 0) is 55.3 Å². The second-order valence-electron chi connectivity index (χ2n) is 6.48. The van der Waals surface area contributed by atoms with Gasteiger partial charge in [0.2, 0.25) is 0 Å². The molecule has 1 atom stereocenters. The molecule has 1 fully saturated rings. The summed E-state index contributed by atoms with van der Waals surface area (Å²) < 4.78 is 0. The Morgan fingerprint density at radius 2 is 1.88 bits per heavy atom. The van der Waals surface area contributed by atoms with Crippen molar-refractivity contribution in [3.05, 3.63) is 56.9 Å². The van der Waals surface area contributed by atoms with Crippen molar-refractivity contribution in [1.82, 2.24) is 19.9 Å². The molecule has 1 saturated heterocycles. The lowest BCUT2D eigenvalue weighted by Gasteiger charge is -2.31. The minimum absolute atomic E-state index is 0.358. The standard InChI is InChI=1S/C18H17Cl3N4/c19-13-6-11(7-14(20)8-13)9-25-5-1-2-12(10-25)17-22-15-3-4-16(21)23-18(15)24-17/h3-4,6-8,12H,1-2,5,9-10H2,(H,22,23,24)/t12-/m0/s1. The molecule has 7 heteroatoms. The van der Waals surface area contributed by atoms with Gasteiger partial charge in [-0.25, -0.2) is 9.97 Å². The highest BCUT2D eigenvalue weighted by atomic mass is 35.5. The number of rotatable bonds is 3. The number of likely N-dealkylation sites (tertiary alicyclic amines) is 1. The molecule has 1 N–H and O–H groups in total. The highest BCUT2D eigenvalue weighted by Gasteiger charge is 2.24. The third-order valence-electron chi connectivity index (χ3n) is 4.55. The average molecular weight is 396 g/mol. The number of halogens is 3. The molecule has 0 unspecified atom stereocenters. The van der Waals surface area contributed by atoms with Crippen LogP contribution in [0.15, 0.2) is 30.3 Å². The van der Waals surface area contributed by atoms with Crippen molar-refractivity contribution in [2.45, 2.75) is 25.3 Å². The predicted octanol–water partition coefficient (Wildman–Crippen LogP) is 5.30. The molecule has 0 saturated carbocycles. The zero-order valence-corrected chi connectivity index (χ0v) is 15.7. The van der Waals surface area contributed by atoms with Gasteiger partial charge in [0.1, 0.15) is 11.0 Å². The zero-order chi connectivity index (χ0) is 17.4. The van der Waals surface area contributed by atoms with Gasteiger partial charge in [0.25, 0.3) is 0 Å². The normalized spacial score (nSPS) is 18.8. The van der Waals surface area contributed by atoms with Crippen LogP contribution in [0.2, 0.25) is 15.2 Å². The topological polar surface area (TPSA) is 44.8 Å². The number of piperidine rings is 1. The molecule has 1 aliphatic heterocycles. The lowest BCUT2D eigenvalue weighted by Crippen LogP contribution is -2.34. The average Bonchev–Trinajstić information content (AvgIpc) is 2.97. The first-order chi connectivity index (χ1) is 12.1. The number of H-pyrrole nitrogens is 1. The second kappa shape index (κ2) is 7.12. The number of hydrogen-bond donors (Lipinski definition) is 1. The maximum Gasteiger partial charge on any atom is 0.179 e. The molecule has 130 valence electrons. The molecule has 4 rings (SSSR count). The first-order valence-corrected chi connectivity index (χ1v) is 9.40. The van der Waals surface area contributed by atoms with Gasteiger partial charge < -0.3 is 4.98 Å². The maximum atomic E-state index is 6.11. The lowest BCUT2D eigenvalue weighted by molar-refractivity contribution is 0.197. The number of hydrogen-bond acceptors (Lipinski definition) is 3. The Bertz CT molecular complexity index is 888. The van der Waals surface area contributed by atoms with Crippen molar-refractivity contribution in [2.24, 2.45) is 0 Å². The van der Waals surface area contributed by atoms with E-state index in [1.165, 1.54) is 0 Å². The molecular weight excluding hydrogens is 379 g/mol. The number of fused-ring (bicyclic) bond motifs is 1. The molecule has 2 aromatic heterocycles. The van der Waals surface area contributed by atoms with E-state index >= 15 is 0 Å². The van der Waals surface area contributed by atoms with E-state index in [-0.39, 0.29) is 0 Å². The molecular formula is C18H17Cl3N4. The van der Waals surface area contributed by atoms with Crippen molar-refractivity contribution in [2.75, 3.05) is 13.1 Å². The van der Waals surface area contributed by atoms with Crippen LogP contribution in [0.4, 0.5) is 0 Å². The van der Waals surface area contributed by atoms with Crippen LogP contribution in [0.5, 0.6) is 0 Å². The van der Waals surface area contributed by atoms with Crippen LogP contribution < -0.4 is 0 Å². The van der Waals surface area contributed by atoms with Crippen molar-refractivity contribution in [3.63, 3.8) is 0 Å². The van der Waals surface area contributed by atoms with Gasteiger partial charge in [0, 0.05) is 29.1 Å². The highest BCUT2D eigenvalue weighted by molar-refractivity contribution is 6.34. The van der Waals surface area contributed by atoms with E-state index < -0.39 is 0 Å². The second-order valence-corrected chi connectivity index (χ2v) is 7.74. The summed E-state index contributed by atoms with van der Waals surface area (Å²) in [5.41, 5.74) is 2.75. The number of pyridine rings is 1. The first-order valence-electron chi connectivity index (χ1n) is 8.26. The van der Waals surface area contributed by atoms with E-state index in [0.717, 1.165) is 49.4 Å². The van der Waals surface area contributed by atoms with Crippen LogP contribution in [-0.4, -0.2) is 32.9 Å². The molecule has 0 bridgehead atoms. The van der Waals surface area contributed by atoms with Crippen molar-refractivity contribution in [1.29, 1.82) is 0 Å². The third kappa shape index (κ3) is 3.93. The molecule has 0 radical (unpaired) electrons. The van der Waals surface area contributed by atoms with E-state index in [4.69, 9.17) is 34.8 Å². The summed E-state index contributed by atoms with van der Waals surface area (Å²) in [5.74, 6) is 1.34. The number of nitrogens with zero attached hydrogens (tertiary/aromatic N) is 3. The molecule has 0 aliphatic carbocycles. The summed E-state index contributed by atoms with van der Waals surface area (Å²) in [6.07, 6.45) is 2.24. The minimum Gasteiger partial charge on any atom is -0.340 e. The van der Waals surface area contributed by atoms with Crippen LogP contribution in [0.3, 0.4) is 0 Å². The van der Waals surface area contributed by atoms with Crippen LogP contribution in [-0.2, 0) is 6.54 Å². The first kappa shape index (κ1) is 17.1. The van der Waals surface area contributed by atoms with Gasteiger partial charge in [-0.15, -0.1) is 0 Å². The molecule has 3 heterocycles. The zero-order valence-electron chi connectivity index (χ0n) is 13.5. The van der Waals surface area contributed by atoms with Crippen LogP contribution in [0.1, 0.15) is 30.1 Å². The SMILES string of the molecule is Clc1cc(Cl)cc(CN2CCC[C@H](c3nc4nc(Cl)ccc4[nH]3)C2)c1. The van der Waals surface area contributed by atoms with Gasteiger partial charge in [-0.2, -0.15) is 0 Å². The number of aromatic nitrogens is 3. The number of benzene rings is 1. The van der Waals surface area contributed by atoms with Gasteiger partial charge >= 0.3 is 0 Å². The molecule has 1 aliphatic rings. The Labute approximate surface area is 161 Å². The number of nitrogens with one attached hydrogen (secondary N) is 1. The van der Waals surface area contributed by atoms with Gasteiger partial charge in [-0.1, -0.05) is 34.8 Å². The molecule has 4 nitrogen and oxygen atoms in total. The van der Waals surface area contributed by atoms with E-state index in [9.17, 15) is 0 Å². The lowest BCUT2D eigenvalue weighted by atomic mass is 9.97. The Balaban J connectivity index is 1.51. The Hall–Kier alpha value is -1.33. The van der Waals surface area contributed by atoms with E-state index in [1.807, 2.05) is 18.2 Å². The monoisotopic (exact) mass is 394 g/mol. The summed E-state index contributed by atoms with van der Waals surface area (Å²) in [6, 6.07) is 9.42. The highest BCUT2D eigenvalue weighted by Crippen LogP contribution is 2.28. The summed E-state index contributed by atoms with van der Waals surface area (Å²) in [6.45, 7) is 2.84. The fourth-order valence-corrected chi connectivity index (χ4v) is 4.18. The van der Waals surface area contributed by atoms with Crippen LogP contribution >= 0.6 is 34.8 Å². The Morgan fingerprint density at radius 1 is 1.08 bits per heavy atom. The van der Waals surface area contributed by atoms with Crippen molar-refractivity contribution in [3.8, 4) is 0 Å². The van der Waals surface area contributed by atoms with Gasteiger partial charge in [0.15, 0.2) is 5.65 Å². The van der Waals surface area contributed by atoms with Gasteiger partial charge in [0.05, 0.1) is 5.52 Å². The third-order valence-corrected chi connectivity index (χ3v) is 5.20.